The lowest BCUT2D eigenvalue weighted by Gasteiger charge is -2.19. The van der Waals surface area contributed by atoms with Crippen molar-refractivity contribution >= 4 is 21.1 Å². The first-order chi connectivity index (χ1) is 13.2. The number of benzene rings is 2. The van der Waals surface area contributed by atoms with E-state index in [0.29, 0.717) is 12.5 Å². The minimum Gasteiger partial charge on any atom is -0.324 e. The summed E-state index contributed by atoms with van der Waals surface area (Å²) in [5, 5.41) is 0. The van der Waals surface area contributed by atoms with Gasteiger partial charge in [-0.2, -0.15) is 17.5 Å². The summed E-state index contributed by atoms with van der Waals surface area (Å²) in [5.74, 6) is 0.782. The van der Waals surface area contributed by atoms with Crippen molar-refractivity contribution in [2.45, 2.75) is 30.5 Å². The zero-order valence-corrected chi connectivity index (χ0v) is 15.8. The first-order valence-electron chi connectivity index (χ1n) is 8.79. The van der Waals surface area contributed by atoms with Gasteiger partial charge in [0.15, 0.2) is 0 Å². The zero-order chi connectivity index (χ0) is 20.1. The van der Waals surface area contributed by atoms with Crippen molar-refractivity contribution in [1.82, 2.24) is 13.9 Å². The molecule has 0 radical (unpaired) electrons. The molecule has 148 valence electrons. The molecule has 0 amide bonds. The Balaban J connectivity index is 1.64. The highest BCUT2D eigenvalue weighted by Crippen LogP contribution is 2.34. The predicted molar refractivity (Wildman–Crippen MR) is 98.3 cm³/mol. The third-order valence-electron chi connectivity index (χ3n) is 5.06. The van der Waals surface area contributed by atoms with Crippen LogP contribution in [0.15, 0.2) is 53.4 Å². The fourth-order valence-electron chi connectivity index (χ4n) is 3.75. The molecule has 0 N–H and O–H groups in total. The van der Waals surface area contributed by atoms with E-state index in [0.717, 1.165) is 29.0 Å². The van der Waals surface area contributed by atoms with Gasteiger partial charge in [-0.1, -0.05) is 18.2 Å². The molecule has 2 aromatic carbocycles. The van der Waals surface area contributed by atoms with E-state index in [1.54, 1.807) is 0 Å². The molecule has 1 aromatic heterocycles. The van der Waals surface area contributed by atoms with Crippen LogP contribution in [0.4, 0.5) is 13.2 Å². The van der Waals surface area contributed by atoms with Crippen LogP contribution >= 0.6 is 0 Å². The summed E-state index contributed by atoms with van der Waals surface area (Å²) in [6.45, 7) is 2.30. The van der Waals surface area contributed by atoms with E-state index in [2.05, 4.69) is 4.98 Å². The number of hydrogen-bond donors (Lipinski definition) is 0. The largest absolute Gasteiger partial charge is 0.416 e. The molecule has 28 heavy (non-hydrogen) atoms. The Morgan fingerprint density at radius 1 is 1.11 bits per heavy atom. The SMILES string of the molecule is Cc1nc2ccccc2n1C1CCN(S(=O)(=O)c2cccc(C(F)(F)F)c2)C1. The Labute approximate surface area is 160 Å². The van der Waals surface area contributed by atoms with Gasteiger partial charge in [-0.25, -0.2) is 13.4 Å². The number of rotatable bonds is 3. The van der Waals surface area contributed by atoms with E-state index in [-0.39, 0.29) is 24.0 Å². The molecule has 1 aliphatic rings. The van der Waals surface area contributed by atoms with Crippen LogP contribution in [-0.4, -0.2) is 35.4 Å². The van der Waals surface area contributed by atoms with Gasteiger partial charge in [-0.05, 0) is 43.7 Å². The summed E-state index contributed by atoms with van der Waals surface area (Å²) in [6.07, 6.45) is -4.02. The monoisotopic (exact) mass is 409 g/mol. The maximum absolute atomic E-state index is 13.0. The van der Waals surface area contributed by atoms with Crippen molar-refractivity contribution in [2.24, 2.45) is 0 Å². The number of nitrogens with zero attached hydrogens (tertiary/aromatic N) is 3. The number of hydrogen-bond acceptors (Lipinski definition) is 3. The third-order valence-corrected chi connectivity index (χ3v) is 6.92. The molecule has 5 nitrogen and oxygen atoms in total. The summed E-state index contributed by atoms with van der Waals surface area (Å²) in [7, 11) is -4.01. The minimum atomic E-state index is -4.59. The van der Waals surface area contributed by atoms with Crippen LogP contribution in [0.25, 0.3) is 11.0 Å². The van der Waals surface area contributed by atoms with Crippen molar-refractivity contribution in [2.75, 3.05) is 13.1 Å². The number of halogens is 3. The van der Waals surface area contributed by atoms with E-state index in [4.69, 9.17) is 0 Å². The Kier molecular flexibility index (Phi) is 4.46. The number of imidazole rings is 1. The predicted octanol–water partition coefficient (Wildman–Crippen LogP) is 4.00. The van der Waals surface area contributed by atoms with Crippen LogP contribution in [0, 0.1) is 6.92 Å². The first kappa shape index (κ1) is 18.9. The normalized spacial score (nSPS) is 18.8. The number of aromatic nitrogens is 2. The van der Waals surface area contributed by atoms with Crippen LogP contribution in [0.2, 0.25) is 0 Å². The van der Waals surface area contributed by atoms with E-state index >= 15 is 0 Å². The average Bonchev–Trinajstić information content (AvgIpc) is 3.25. The molecule has 0 saturated carbocycles. The smallest absolute Gasteiger partial charge is 0.324 e. The molecular weight excluding hydrogens is 391 g/mol. The highest BCUT2D eigenvalue weighted by Gasteiger charge is 2.36. The minimum absolute atomic E-state index is 0.118. The van der Waals surface area contributed by atoms with Crippen molar-refractivity contribution in [3.05, 3.63) is 59.9 Å². The maximum atomic E-state index is 13.0. The summed E-state index contributed by atoms with van der Waals surface area (Å²) in [6, 6.07) is 11.4. The summed E-state index contributed by atoms with van der Waals surface area (Å²) in [4.78, 5) is 4.17. The van der Waals surface area contributed by atoms with Gasteiger partial charge in [-0.15, -0.1) is 0 Å². The lowest BCUT2D eigenvalue weighted by molar-refractivity contribution is -0.137. The van der Waals surface area contributed by atoms with Gasteiger partial charge >= 0.3 is 6.18 Å². The van der Waals surface area contributed by atoms with Crippen LogP contribution in [0.5, 0.6) is 0 Å². The quantitative estimate of drug-likeness (QED) is 0.657. The number of aryl methyl sites for hydroxylation is 1. The topological polar surface area (TPSA) is 55.2 Å². The molecule has 9 heteroatoms. The van der Waals surface area contributed by atoms with Gasteiger partial charge in [0.1, 0.15) is 5.82 Å². The Morgan fingerprint density at radius 3 is 2.61 bits per heavy atom. The molecule has 3 aromatic rings. The number of fused-ring (bicyclic) bond motifs is 1. The molecule has 1 saturated heterocycles. The highest BCUT2D eigenvalue weighted by atomic mass is 32.2. The summed E-state index contributed by atoms with van der Waals surface area (Å²) < 4.78 is 67.9. The molecule has 1 aliphatic heterocycles. The second-order valence-corrected chi connectivity index (χ2v) is 8.79. The third kappa shape index (κ3) is 3.18. The van der Waals surface area contributed by atoms with E-state index in [1.807, 2.05) is 35.8 Å². The van der Waals surface area contributed by atoms with Gasteiger partial charge in [0.05, 0.1) is 27.5 Å². The Morgan fingerprint density at radius 2 is 1.86 bits per heavy atom. The second-order valence-electron chi connectivity index (χ2n) is 6.85. The maximum Gasteiger partial charge on any atom is 0.416 e. The van der Waals surface area contributed by atoms with E-state index < -0.39 is 21.8 Å². The van der Waals surface area contributed by atoms with E-state index in [9.17, 15) is 21.6 Å². The molecule has 1 fully saturated rings. The molecular formula is C19H18F3N3O2S. The van der Waals surface area contributed by atoms with Gasteiger partial charge in [0.2, 0.25) is 10.0 Å². The molecule has 0 aliphatic carbocycles. The fourth-order valence-corrected chi connectivity index (χ4v) is 5.29. The molecule has 1 atom stereocenters. The fraction of sp³-hybridized carbons (Fsp3) is 0.316. The van der Waals surface area contributed by atoms with Crippen LogP contribution in [-0.2, 0) is 16.2 Å². The molecule has 1 unspecified atom stereocenters. The summed E-state index contributed by atoms with van der Waals surface area (Å²) >= 11 is 0. The zero-order valence-electron chi connectivity index (χ0n) is 15.0. The second kappa shape index (κ2) is 6.59. The standard InChI is InChI=1S/C19H18F3N3O2S/c1-13-23-17-7-2-3-8-18(17)25(13)15-9-10-24(12-15)28(26,27)16-6-4-5-14(11-16)19(20,21)22/h2-8,11,15H,9-10,12H2,1H3. The Bertz CT molecular complexity index is 1140. The van der Waals surface area contributed by atoms with Gasteiger partial charge < -0.3 is 4.57 Å². The Hall–Kier alpha value is -2.39. The van der Waals surface area contributed by atoms with Crippen molar-refractivity contribution in [1.29, 1.82) is 0 Å². The van der Waals surface area contributed by atoms with Gasteiger partial charge in [-0.3, -0.25) is 0 Å². The van der Waals surface area contributed by atoms with Crippen LogP contribution in [0.3, 0.4) is 0 Å². The van der Waals surface area contributed by atoms with Gasteiger partial charge in [0, 0.05) is 13.1 Å². The first-order valence-corrected chi connectivity index (χ1v) is 10.2. The number of para-hydroxylation sites is 2. The van der Waals surface area contributed by atoms with E-state index in [1.165, 1.54) is 10.4 Å². The molecule has 4 rings (SSSR count). The lowest BCUT2D eigenvalue weighted by atomic mass is 10.2. The molecule has 0 bridgehead atoms. The lowest BCUT2D eigenvalue weighted by Crippen LogP contribution is -2.29. The van der Waals surface area contributed by atoms with Crippen LogP contribution in [0.1, 0.15) is 23.9 Å². The highest BCUT2D eigenvalue weighted by molar-refractivity contribution is 7.89. The molecule has 2 heterocycles. The number of alkyl halides is 3. The summed E-state index contributed by atoms with van der Waals surface area (Å²) in [5.41, 5.74) is 0.781. The molecule has 0 spiro atoms. The average molecular weight is 409 g/mol. The van der Waals surface area contributed by atoms with Crippen molar-refractivity contribution in [3.8, 4) is 0 Å². The van der Waals surface area contributed by atoms with Crippen LogP contribution < -0.4 is 0 Å². The van der Waals surface area contributed by atoms with Gasteiger partial charge in [0.25, 0.3) is 0 Å². The van der Waals surface area contributed by atoms with Crippen molar-refractivity contribution in [3.63, 3.8) is 0 Å². The number of sulfonamides is 1. The van der Waals surface area contributed by atoms with Crippen molar-refractivity contribution < 1.29 is 21.6 Å².